The Bertz CT molecular complexity index is 2640. The normalized spacial score (nSPS) is 12.5. The lowest BCUT2D eigenvalue weighted by Gasteiger charge is -2.30. The molecule has 0 atom stereocenters. The molecule has 82 heavy (non-hydrogen) atoms. The van der Waals surface area contributed by atoms with Crippen molar-refractivity contribution in [3.05, 3.63) is 101 Å². The predicted octanol–water partition coefficient (Wildman–Crippen LogP) is 20.8. The molecule has 0 aliphatic heterocycles. The molecule has 0 aliphatic rings. The van der Waals surface area contributed by atoms with E-state index in [1.165, 1.54) is 138 Å². The molecular formula is C71H116N4O5S2. The van der Waals surface area contributed by atoms with Crippen LogP contribution >= 0.6 is 0 Å². The van der Waals surface area contributed by atoms with Gasteiger partial charge in [0.25, 0.3) is 10.0 Å². The second kappa shape index (κ2) is 35.4. The molecule has 0 spiro atoms. The van der Waals surface area contributed by atoms with Crippen molar-refractivity contribution in [3.8, 4) is 5.75 Å². The first-order chi connectivity index (χ1) is 39.0. The number of benzene rings is 4. The standard InChI is InChI=1S/C71H116N4O5S2/c1-15-19-21-23-25-27-29-31-33-36-48-75(49-37-34-32-30-28-26-24-22-20-16-2)62-43-40-60(41-44-62)73-66-45-42-61(74-82(78,79)69-63(56(7)8)51-58(55(5)6)52-64(69)57(9)10)54-68(66)81(76,77)72-47-35-38-50-80-67-46-39-59(70(11,12)17-3)53-65(67)71(13,14)18-4/h39-46,51-57,72-74H,15-38,47-50H2,1-14H3. The smallest absolute Gasteiger partial charge is 0.262 e. The van der Waals surface area contributed by atoms with Crippen molar-refractivity contribution in [1.29, 1.82) is 0 Å². The highest BCUT2D eigenvalue weighted by atomic mass is 32.2. The fraction of sp³-hybridized carbons (Fsp3) is 0.662. The molecular weight excluding hydrogens is 1050 g/mol. The van der Waals surface area contributed by atoms with Gasteiger partial charge in [0, 0.05) is 36.6 Å². The van der Waals surface area contributed by atoms with E-state index in [0.717, 1.165) is 66.9 Å². The van der Waals surface area contributed by atoms with Gasteiger partial charge in [-0.3, -0.25) is 4.72 Å². The van der Waals surface area contributed by atoms with E-state index >= 15 is 0 Å². The zero-order chi connectivity index (χ0) is 60.4. The molecule has 0 bridgehead atoms. The second-order valence-electron chi connectivity index (χ2n) is 26.0. The summed E-state index contributed by atoms with van der Waals surface area (Å²) in [6.07, 6.45) is 29.3. The molecule has 4 aromatic rings. The molecule has 3 N–H and O–H groups in total. The second-order valence-corrected chi connectivity index (χ2v) is 29.3. The molecule has 0 unspecified atom stereocenters. The highest BCUT2D eigenvalue weighted by Crippen LogP contribution is 2.40. The van der Waals surface area contributed by atoms with Gasteiger partial charge in [-0.1, -0.05) is 237 Å². The minimum atomic E-state index is -4.17. The molecule has 0 saturated heterocycles. The third-order valence-electron chi connectivity index (χ3n) is 17.3. The monoisotopic (exact) mass is 1170 g/mol. The van der Waals surface area contributed by atoms with E-state index in [1.54, 1.807) is 12.1 Å². The summed E-state index contributed by atoms with van der Waals surface area (Å²) in [5.74, 6) is 0.954. The summed E-state index contributed by atoms with van der Waals surface area (Å²) in [6, 6.07) is 23.8. The predicted molar refractivity (Wildman–Crippen MR) is 355 cm³/mol. The number of rotatable bonds is 43. The summed E-state index contributed by atoms with van der Waals surface area (Å²) in [6.45, 7) is 33.0. The van der Waals surface area contributed by atoms with Gasteiger partial charge in [0.05, 0.1) is 22.9 Å². The van der Waals surface area contributed by atoms with Gasteiger partial charge in [-0.15, -0.1) is 0 Å². The number of ether oxygens (including phenoxy) is 1. The van der Waals surface area contributed by atoms with Crippen molar-refractivity contribution in [1.82, 2.24) is 4.72 Å². The Balaban J connectivity index is 1.59. The number of hydrogen-bond donors (Lipinski definition) is 3. The highest BCUT2D eigenvalue weighted by Gasteiger charge is 2.30. The zero-order valence-corrected chi connectivity index (χ0v) is 55.9. The molecule has 0 fully saturated rings. The topological polar surface area (TPSA) is 117 Å². The Morgan fingerprint density at radius 2 is 0.988 bits per heavy atom. The van der Waals surface area contributed by atoms with Gasteiger partial charge in [0.2, 0.25) is 10.0 Å². The molecule has 0 aromatic heterocycles. The minimum Gasteiger partial charge on any atom is -0.493 e. The van der Waals surface area contributed by atoms with E-state index in [2.05, 4.69) is 119 Å². The van der Waals surface area contributed by atoms with Crippen molar-refractivity contribution in [2.24, 2.45) is 0 Å². The average molecular weight is 1170 g/mol. The van der Waals surface area contributed by atoms with Crippen molar-refractivity contribution in [2.45, 2.75) is 289 Å². The third-order valence-corrected chi connectivity index (χ3v) is 20.3. The van der Waals surface area contributed by atoms with Gasteiger partial charge in [0.1, 0.15) is 10.6 Å². The van der Waals surface area contributed by atoms with E-state index in [-0.39, 0.29) is 50.6 Å². The minimum absolute atomic E-state index is 0.0403. The van der Waals surface area contributed by atoms with Crippen LogP contribution in [-0.4, -0.2) is 43.1 Å². The summed E-state index contributed by atoms with van der Waals surface area (Å²) in [5, 5.41) is 3.44. The third kappa shape index (κ3) is 22.7. The van der Waals surface area contributed by atoms with Crippen LogP contribution in [0.25, 0.3) is 0 Å². The lowest BCUT2D eigenvalue weighted by molar-refractivity contribution is 0.296. The van der Waals surface area contributed by atoms with E-state index in [4.69, 9.17) is 4.74 Å². The van der Waals surface area contributed by atoms with Crippen LogP contribution in [0.2, 0.25) is 0 Å². The number of hydrogen-bond acceptors (Lipinski definition) is 7. The van der Waals surface area contributed by atoms with Crippen LogP contribution in [0, 0.1) is 0 Å². The largest absolute Gasteiger partial charge is 0.493 e. The van der Waals surface area contributed by atoms with Crippen molar-refractivity contribution in [3.63, 3.8) is 0 Å². The maximum atomic E-state index is 14.7. The van der Waals surface area contributed by atoms with Gasteiger partial charge in [-0.2, -0.15) is 0 Å². The first kappa shape index (κ1) is 70.4. The Labute approximate surface area is 503 Å². The molecule has 4 rings (SSSR count). The molecule has 0 heterocycles. The van der Waals surface area contributed by atoms with Crippen molar-refractivity contribution in [2.75, 3.05) is 41.2 Å². The number of unbranched alkanes of at least 4 members (excludes halogenated alkanes) is 19. The zero-order valence-electron chi connectivity index (χ0n) is 54.3. The SMILES string of the molecule is CCCCCCCCCCCCN(CCCCCCCCCCCC)c1ccc(Nc2ccc(NS(=O)(=O)c3c(C(C)C)cc(C(C)C)cc3C(C)C)cc2S(=O)(=O)NCCCCOc2ccc(C(C)(C)CC)cc2C(C)(C)CC)cc1. The summed E-state index contributed by atoms with van der Waals surface area (Å²) < 4.78 is 70.9. The fourth-order valence-electron chi connectivity index (χ4n) is 10.9. The van der Waals surface area contributed by atoms with E-state index in [1.807, 2.05) is 52.0 Å². The Morgan fingerprint density at radius 3 is 1.46 bits per heavy atom. The van der Waals surface area contributed by atoms with Crippen LogP contribution in [0.15, 0.2) is 82.6 Å². The van der Waals surface area contributed by atoms with Crippen LogP contribution in [0.3, 0.4) is 0 Å². The molecule has 4 aromatic carbocycles. The summed E-state index contributed by atoms with van der Waals surface area (Å²) in [7, 11) is -8.34. The average Bonchev–Trinajstić information content (AvgIpc) is 3.64. The van der Waals surface area contributed by atoms with Gasteiger partial charge < -0.3 is 15.0 Å². The molecule has 11 heteroatoms. The van der Waals surface area contributed by atoms with Gasteiger partial charge >= 0.3 is 0 Å². The van der Waals surface area contributed by atoms with Gasteiger partial charge in [0.15, 0.2) is 0 Å². The maximum absolute atomic E-state index is 14.7. The quantitative estimate of drug-likeness (QED) is 0.0378. The Morgan fingerprint density at radius 1 is 0.500 bits per heavy atom. The number of nitrogens with one attached hydrogen (secondary N) is 3. The summed E-state index contributed by atoms with van der Waals surface area (Å²) in [5.41, 5.74) is 7.48. The lowest BCUT2D eigenvalue weighted by Crippen LogP contribution is -2.26. The van der Waals surface area contributed by atoms with Gasteiger partial charge in [-0.05, 0) is 138 Å². The van der Waals surface area contributed by atoms with E-state index in [9.17, 15) is 16.8 Å². The molecule has 0 amide bonds. The van der Waals surface area contributed by atoms with E-state index < -0.39 is 20.0 Å². The number of nitrogens with zero attached hydrogens (tertiary/aromatic N) is 1. The van der Waals surface area contributed by atoms with Gasteiger partial charge in [-0.25, -0.2) is 21.6 Å². The van der Waals surface area contributed by atoms with Crippen molar-refractivity contribution >= 4 is 42.8 Å². The highest BCUT2D eigenvalue weighted by molar-refractivity contribution is 7.93. The van der Waals surface area contributed by atoms with Crippen LogP contribution < -0.4 is 24.4 Å². The first-order valence-electron chi connectivity index (χ1n) is 32.8. The molecule has 9 nitrogen and oxygen atoms in total. The van der Waals surface area contributed by atoms with Crippen LogP contribution in [0.5, 0.6) is 5.75 Å². The van der Waals surface area contributed by atoms with Crippen LogP contribution in [0.1, 0.15) is 297 Å². The van der Waals surface area contributed by atoms with Crippen LogP contribution in [-0.2, 0) is 30.9 Å². The fourth-order valence-corrected chi connectivity index (χ4v) is 13.9. The van der Waals surface area contributed by atoms with Crippen molar-refractivity contribution < 1.29 is 21.6 Å². The molecule has 0 radical (unpaired) electrons. The lowest BCUT2D eigenvalue weighted by atomic mass is 9.76. The number of anilines is 4. The Kier molecular flexibility index (Phi) is 30.4. The summed E-state index contributed by atoms with van der Waals surface area (Å²) in [4.78, 5) is 2.77. The first-order valence-corrected chi connectivity index (χ1v) is 35.7. The summed E-state index contributed by atoms with van der Waals surface area (Å²) >= 11 is 0. The molecule has 0 saturated carbocycles. The Hall–Kier alpha value is -4.06. The molecule has 0 aliphatic carbocycles. The maximum Gasteiger partial charge on any atom is 0.262 e. The van der Waals surface area contributed by atoms with E-state index in [0.29, 0.717) is 25.1 Å². The van der Waals surface area contributed by atoms with Crippen LogP contribution in [0.4, 0.5) is 22.7 Å². The molecule has 462 valence electrons. The number of sulfonamides is 2.